The predicted octanol–water partition coefficient (Wildman–Crippen LogP) is -0.469. The van der Waals surface area contributed by atoms with Gasteiger partial charge in [-0.05, 0) is 6.42 Å². The maximum absolute atomic E-state index is 11.5. The normalized spacial score (nSPS) is 48.1. The quantitative estimate of drug-likeness (QED) is 0.458. The molecule has 3 aliphatic rings. The molecule has 2 heterocycles. The molecule has 0 N–H and O–H groups in total. The van der Waals surface area contributed by atoms with Crippen LogP contribution in [0.3, 0.4) is 0 Å². The van der Waals surface area contributed by atoms with Crippen LogP contribution in [0, 0.1) is 5.92 Å². The lowest BCUT2D eigenvalue weighted by atomic mass is 10.1. The van der Waals surface area contributed by atoms with Crippen LogP contribution in [0.5, 0.6) is 0 Å². The summed E-state index contributed by atoms with van der Waals surface area (Å²) in [6.07, 6.45) is 1.16. The van der Waals surface area contributed by atoms with Gasteiger partial charge in [-0.25, -0.2) is 0 Å². The van der Waals surface area contributed by atoms with Gasteiger partial charge >= 0.3 is 0 Å². The average Bonchev–Trinajstić information content (AvgIpc) is 2.63. The number of likely N-dealkylation sites (tertiary alicyclic amines) is 1. The fourth-order valence-electron chi connectivity index (χ4n) is 2.52. The molecular weight excluding hydrogens is 158 g/mol. The van der Waals surface area contributed by atoms with Gasteiger partial charge in [0.1, 0.15) is 6.10 Å². The van der Waals surface area contributed by atoms with Crippen LogP contribution in [-0.2, 0) is 14.3 Å². The van der Waals surface area contributed by atoms with Crippen molar-refractivity contribution in [3.8, 4) is 0 Å². The maximum atomic E-state index is 11.5. The van der Waals surface area contributed by atoms with E-state index in [0.717, 1.165) is 6.42 Å². The SMILES string of the molecule is CC(=O)N1C(=O)C2CC1C1OC21. The van der Waals surface area contributed by atoms with E-state index in [1.165, 1.54) is 11.8 Å². The van der Waals surface area contributed by atoms with Crippen LogP contribution in [0.15, 0.2) is 0 Å². The van der Waals surface area contributed by atoms with E-state index in [0.29, 0.717) is 0 Å². The summed E-state index contributed by atoms with van der Waals surface area (Å²) in [6, 6.07) is 0.0602. The smallest absolute Gasteiger partial charge is 0.235 e. The molecule has 12 heavy (non-hydrogen) atoms. The van der Waals surface area contributed by atoms with Gasteiger partial charge in [0.2, 0.25) is 11.8 Å². The van der Waals surface area contributed by atoms with Gasteiger partial charge in [0, 0.05) is 6.92 Å². The van der Waals surface area contributed by atoms with Crippen LogP contribution in [0.1, 0.15) is 13.3 Å². The van der Waals surface area contributed by atoms with Crippen LogP contribution in [0.4, 0.5) is 0 Å². The van der Waals surface area contributed by atoms with Crippen LogP contribution in [0.2, 0.25) is 0 Å². The summed E-state index contributed by atoms with van der Waals surface area (Å²) in [7, 11) is 0. The second-order valence-electron chi connectivity index (χ2n) is 3.70. The Bertz CT molecular complexity index is 288. The Morgan fingerprint density at radius 3 is 2.92 bits per heavy atom. The van der Waals surface area contributed by atoms with E-state index in [1.807, 2.05) is 0 Å². The number of hydrogen-bond acceptors (Lipinski definition) is 3. The highest BCUT2D eigenvalue weighted by molar-refractivity contribution is 5.99. The Kier molecular flexibility index (Phi) is 0.942. The Labute approximate surface area is 69.5 Å². The molecule has 2 aliphatic heterocycles. The molecule has 3 fully saturated rings. The van der Waals surface area contributed by atoms with Crippen molar-refractivity contribution in [1.29, 1.82) is 0 Å². The fraction of sp³-hybridized carbons (Fsp3) is 0.750. The van der Waals surface area contributed by atoms with Crippen molar-refractivity contribution in [2.45, 2.75) is 31.6 Å². The van der Waals surface area contributed by atoms with Gasteiger partial charge < -0.3 is 4.74 Å². The number of imide groups is 1. The van der Waals surface area contributed by atoms with E-state index in [9.17, 15) is 9.59 Å². The van der Waals surface area contributed by atoms with Crippen molar-refractivity contribution in [3.63, 3.8) is 0 Å². The van der Waals surface area contributed by atoms with Crippen molar-refractivity contribution in [3.05, 3.63) is 0 Å². The molecule has 64 valence electrons. The number of rotatable bonds is 0. The zero-order valence-electron chi connectivity index (χ0n) is 6.69. The number of nitrogens with zero attached hydrogens (tertiary/aromatic N) is 1. The standard InChI is InChI=1S/C8H9NO3/c1-3(10)9-5-2-4(8(9)11)6-7(5)12-6/h4-7H,2H2,1H3. The third-order valence-corrected chi connectivity index (χ3v) is 3.06. The zero-order valence-corrected chi connectivity index (χ0v) is 6.69. The predicted molar refractivity (Wildman–Crippen MR) is 38.1 cm³/mol. The average molecular weight is 167 g/mol. The molecule has 0 spiro atoms. The van der Waals surface area contributed by atoms with Crippen molar-refractivity contribution in [2.75, 3.05) is 0 Å². The lowest BCUT2D eigenvalue weighted by Crippen LogP contribution is -2.44. The number of carbonyl (C=O) groups is 2. The highest BCUT2D eigenvalue weighted by Gasteiger charge is 2.67. The van der Waals surface area contributed by atoms with Crippen molar-refractivity contribution in [1.82, 2.24) is 4.90 Å². The summed E-state index contributed by atoms with van der Waals surface area (Å²) >= 11 is 0. The van der Waals surface area contributed by atoms with Gasteiger partial charge in [-0.2, -0.15) is 0 Å². The van der Waals surface area contributed by atoms with Crippen molar-refractivity contribution >= 4 is 11.8 Å². The minimum absolute atomic E-state index is 0.0103. The molecule has 0 aromatic carbocycles. The van der Waals surface area contributed by atoms with Gasteiger partial charge in [0.05, 0.1) is 18.1 Å². The highest BCUT2D eigenvalue weighted by atomic mass is 16.6. The van der Waals surface area contributed by atoms with Gasteiger partial charge in [-0.1, -0.05) is 0 Å². The van der Waals surface area contributed by atoms with E-state index in [1.54, 1.807) is 0 Å². The molecule has 3 rings (SSSR count). The Morgan fingerprint density at radius 1 is 1.58 bits per heavy atom. The molecule has 0 aromatic heterocycles. The molecule has 4 unspecified atom stereocenters. The lowest BCUT2D eigenvalue weighted by molar-refractivity contribution is -0.144. The molecular formula is C8H9NO3. The Balaban J connectivity index is 1.98. The first kappa shape index (κ1) is 6.60. The summed E-state index contributed by atoms with van der Waals surface area (Å²) in [5.74, 6) is -0.170. The van der Waals surface area contributed by atoms with Crippen LogP contribution in [-0.4, -0.2) is 35.0 Å². The molecule has 2 bridgehead atoms. The minimum Gasteiger partial charge on any atom is -0.366 e. The fourth-order valence-corrected chi connectivity index (χ4v) is 2.52. The van der Waals surface area contributed by atoms with Crippen molar-refractivity contribution in [2.24, 2.45) is 5.92 Å². The second kappa shape index (κ2) is 1.71. The summed E-state index contributed by atoms with van der Waals surface area (Å²) in [5.41, 5.74) is 0. The number of carbonyl (C=O) groups excluding carboxylic acids is 2. The first-order valence-corrected chi connectivity index (χ1v) is 4.19. The summed E-state index contributed by atoms with van der Waals surface area (Å²) in [4.78, 5) is 23.9. The zero-order chi connectivity index (χ0) is 8.46. The Morgan fingerprint density at radius 2 is 2.33 bits per heavy atom. The van der Waals surface area contributed by atoms with Gasteiger partial charge in [-0.15, -0.1) is 0 Å². The molecule has 2 amide bonds. The number of ether oxygens (including phenoxy) is 1. The molecule has 2 saturated heterocycles. The molecule has 1 saturated carbocycles. The van der Waals surface area contributed by atoms with Crippen LogP contribution in [0.25, 0.3) is 0 Å². The number of fused-ring (bicyclic) bond motifs is 5. The first-order valence-electron chi connectivity index (χ1n) is 4.19. The van der Waals surface area contributed by atoms with E-state index >= 15 is 0 Å². The van der Waals surface area contributed by atoms with E-state index in [-0.39, 0.29) is 36.0 Å². The largest absolute Gasteiger partial charge is 0.366 e. The highest BCUT2D eigenvalue weighted by Crippen LogP contribution is 2.51. The van der Waals surface area contributed by atoms with Gasteiger partial charge in [0.25, 0.3) is 0 Å². The van der Waals surface area contributed by atoms with Crippen LogP contribution >= 0.6 is 0 Å². The third kappa shape index (κ3) is 0.545. The van der Waals surface area contributed by atoms with Gasteiger partial charge in [-0.3, -0.25) is 14.5 Å². The summed E-state index contributed by atoms with van der Waals surface area (Å²) < 4.78 is 5.28. The van der Waals surface area contributed by atoms with E-state index in [2.05, 4.69) is 0 Å². The maximum Gasteiger partial charge on any atom is 0.235 e. The van der Waals surface area contributed by atoms with E-state index < -0.39 is 0 Å². The molecule has 1 aliphatic carbocycles. The summed E-state index contributed by atoms with van der Waals surface area (Å²) in [5, 5.41) is 0. The molecule has 0 aromatic rings. The van der Waals surface area contributed by atoms with E-state index in [4.69, 9.17) is 4.74 Å². The Hall–Kier alpha value is -0.900. The molecule has 4 heteroatoms. The van der Waals surface area contributed by atoms with Crippen molar-refractivity contribution < 1.29 is 14.3 Å². The summed E-state index contributed by atoms with van der Waals surface area (Å²) in [6.45, 7) is 1.44. The number of piperidine rings is 1. The molecule has 0 radical (unpaired) electrons. The number of amides is 2. The minimum atomic E-state index is -0.138. The number of epoxide rings is 1. The van der Waals surface area contributed by atoms with Crippen LogP contribution < -0.4 is 0 Å². The number of hydrogen-bond donors (Lipinski definition) is 0. The second-order valence-corrected chi connectivity index (χ2v) is 3.70. The lowest BCUT2D eigenvalue weighted by Gasteiger charge is -2.20. The topological polar surface area (TPSA) is 49.9 Å². The first-order chi connectivity index (χ1) is 5.70. The molecule has 4 nitrogen and oxygen atoms in total. The molecule has 4 atom stereocenters. The monoisotopic (exact) mass is 167 g/mol. The van der Waals surface area contributed by atoms with Gasteiger partial charge in [0.15, 0.2) is 0 Å². The third-order valence-electron chi connectivity index (χ3n) is 3.06.